The van der Waals surface area contributed by atoms with Crippen LogP contribution in [-0.4, -0.2) is 40.6 Å². The number of likely N-dealkylation sites (N-methyl/N-ethyl adjacent to an activating group) is 1. The number of amides is 1. The molecule has 0 radical (unpaired) electrons. The molecule has 0 unspecified atom stereocenters. The van der Waals surface area contributed by atoms with Gasteiger partial charge in [-0.2, -0.15) is 0 Å². The number of hydrogen-bond acceptors (Lipinski definition) is 4. The third-order valence-corrected chi connectivity index (χ3v) is 4.30. The summed E-state index contributed by atoms with van der Waals surface area (Å²) in [6, 6.07) is 14.2. The molecule has 0 spiro atoms. The van der Waals surface area contributed by atoms with Crippen LogP contribution >= 0.6 is 11.6 Å². The number of hydrogen-bond donors (Lipinski definition) is 0. The Hall–Kier alpha value is -2.86. The molecule has 2 aromatic carbocycles. The van der Waals surface area contributed by atoms with Gasteiger partial charge in [-0.25, -0.2) is 4.98 Å². The van der Waals surface area contributed by atoms with Crippen molar-refractivity contribution in [3.05, 3.63) is 70.2 Å². The molecule has 0 aliphatic carbocycles. The van der Waals surface area contributed by atoms with Crippen LogP contribution in [0.1, 0.15) is 0 Å². The van der Waals surface area contributed by atoms with E-state index in [0.717, 1.165) is 0 Å². The molecule has 1 heterocycles. The lowest BCUT2D eigenvalue weighted by Gasteiger charge is -2.18. The van der Waals surface area contributed by atoms with Crippen molar-refractivity contribution < 1.29 is 9.53 Å². The first kappa shape index (κ1) is 17.9. The van der Waals surface area contributed by atoms with Crippen molar-refractivity contribution in [2.24, 2.45) is 0 Å². The highest BCUT2D eigenvalue weighted by atomic mass is 35.5. The second kappa shape index (κ2) is 8.01. The lowest BCUT2D eigenvalue weighted by molar-refractivity contribution is -0.130. The average molecular weight is 372 g/mol. The summed E-state index contributed by atoms with van der Waals surface area (Å²) in [6.45, 7) is 0.607. The first-order chi connectivity index (χ1) is 12.6. The summed E-state index contributed by atoms with van der Waals surface area (Å²) in [5.74, 6) is 0.372. The van der Waals surface area contributed by atoms with Gasteiger partial charge in [0.1, 0.15) is 18.9 Å². The summed E-state index contributed by atoms with van der Waals surface area (Å²) in [4.78, 5) is 30.5. The first-order valence-corrected chi connectivity index (χ1v) is 8.49. The summed E-state index contributed by atoms with van der Waals surface area (Å²) in [7, 11) is 1.66. The molecule has 0 saturated heterocycles. The second-order valence-corrected chi connectivity index (χ2v) is 6.20. The van der Waals surface area contributed by atoms with Gasteiger partial charge in [-0.15, -0.1) is 0 Å². The number of aromatic nitrogens is 2. The molecule has 0 fully saturated rings. The highest BCUT2D eigenvalue weighted by Crippen LogP contribution is 2.22. The van der Waals surface area contributed by atoms with Crippen molar-refractivity contribution >= 4 is 28.4 Å². The molecule has 0 aliphatic heterocycles. The van der Waals surface area contributed by atoms with Crippen LogP contribution in [0.25, 0.3) is 10.9 Å². The van der Waals surface area contributed by atoms with Gasteiger partial charge in [0.25, 0.3) is 5.56 Å². The summed E-state index contributed by atoms with van der Waals surface area (Å²) >= 11 is 6.02. The number of carbonyl (C=O) groups is 1. The Labute approximate surface area is 155 Å². The third kappa shape index (κ3) is 4.03. The Morgan fingerprint density at radius 2 is 1.92 bits per heavy atom. The molecule has 0 bridgehead atoms. The molecule has 1 amide bonds. The Balaban J connectivity index is 1.60. The largest absolute Gasteiger partial charge is 0.490 e. The van der Waals surface area contributed by atoms with E-state index in [2.05, 4.69) is 4.98 Å². The SMILES string of the molecule is CN(CCOc1ccccc1Cl)C(=O)Cn1cnc2ccccc2c1=O. The number of benzene rings is 2. The predicted octanol–water partition coefficient (Wildman–Crippen LogP) is 2.59. The fraction of sp³-hybridized carbons (Fsp3) is 0.211. The van der Waals surface area contributed by atoms with Crippen molar-refractivity contribution in [2.75, 3.05) is 20.2 Å². The average Bonchev–Trinajstić information content (AvgIpc) is 2.65. The highest BCUT2D eigenvalue weighted by Gasteiger charge is 2.12. The number of nitrogens with zero attached hydrogens (tertiary/aromatic N) is 3. The molecule has 134 valence electrons. The minimum Gasteiger partial charge on any atom is -0.490 e. The van der Waals surface area contributed by atoms with Crippen LogP contribution in [0.4, 0.5) is 0 Å². The fourth-order valence-electron chi connectivity index (χ4n) is 2.46. The van der Waals surface area contributed by atoms with Crippen LogP contribution in [0.3, 0.4) is 0 Å². The maximum atomic E-state index is 12.4. The molecule has 7 heteroatoms. The molecule has 6 nitrogen and oxygen atoms in total. The number of fused-ring (bicyclic) bond motifs is 1. The van der Waals surface area contributed by atoms with Gasteiger partial charge in [-0.05, 0) is 24.3 Å². The van der Waals surface area contributed by atoms with Crippen LogP contribution in [0.2, 0.25) is 5.02 Å². The Bertz CT molecular complexity index is 987. The van der Waals surface area contributed by atoms with Crippen molar-refractivity contribution in [3.63, 3.8) is 0 Å². The van der Waals surface area contributed by atoms with Gasteiger partial charge in [0.15, 0.2) is 0 Å². The maximum Gasteiger partial charge on any atom is 0.261 e. The molecular weight excluding hydrogens is 354 g/mol. The second-order valence-electron chi connectivity index (χ2n) is 5.79. The maximum absolute atomic E-state index is 12.4. The van der Waals surface area contributed by atoms with Crippen molar-refractivity contribution in [1.29, 1.82) is 0 Å². The van der Waals surface area contributed by atoms with E-state index < -0.39 is 0 Å². The van der Waals surface area contributed by atoms with Gasteiger partial charge in [0.2, 0.25) is 5.91 Å². The quantitative estimate of drug-likeness (QED) is 0.668. The van der Waals surface area contributed by atoms with Crippen molar-refractivity contribution in [2.45, 2.75) is 6.54 Å². The van der Waals surface area contributed by atoms with Crippen molar-refractivity contribution in [1.82, 2.24) is 14.5 Å². The van der Waals surface area contributed by atoms with Gasteiger partial charge in [-0.3, -0.25) is 14.2 Å². The van der Waals surface area contributed by atoms with E-state index in [9.17, 15) is 9.59 Å². The minimum absolute atomic E-state index is 0.0702. The van der Waals surface area contributed by atoms with Crippen molar-refractivity contribution in [3.8, 4) is 5.75 Å². The Morgan fingerprint density at radius 1 is 1.19 bits per heavy atom. The number of para-hydroxylation sites is 2. The lowest BCUT2D eigenvalue weighted by Crippen LogP contribution is -2.36. The highest BCUT2D eigenvalue weighted by molar-refractivity contribution is 6.32. The number of rotatable bonds is 6. The molecule has 0 atom stereocenters. The van der Waals surface area contributed by atoms with Crippen LogP contribution in [0.15, 0.2) is 59.7 Å². The normalized spacial score (nSPS) is 10.7. The van der Waals surface area contributed by atoms with E-state index in [0.29, 0.717) is 34.8 Å². The summed E-state index contributed by atoms with van der Waals surface area (Å²) in [6.07, 6.45) is 1.40. The summed E-state index contributed by atoms with van der Waals surface area (Å²) in [5.41, 5.74) is 0.382. The molecule has 26 heavy (non-hydrogen) atoms. The summed E-state index contributed by atoms with van der Waals surface area (Å²) in [5, 5.41) is 1.02. The lowest BCUT2D eigenvalue weighted by atomic mass is 10.2. The summed E-state index contributed by atoms with van der Waals surface area (Å²) < 4.78 is 6.90. The first-order valence-electron chi connectivity index (χ1n) is 8.12. The fourth-order valence-corrected chi connectivity index (χ4v) is 2.65. The molecule has 0 N–H and O–H groups in total. The van der Waals surface area contributed by atoms with Gasteiger partial charge in [0.05, 0.1) is 28.8 Å². The van der Waals surface area contributed by atoms with Crippen LogP contribution in [-0.2, 0) is 11.3 Å². The van der Waals surface area contributed by atoms with Gasteiger partial charge in [0, 0.05) is 7.05 Å². The van der Waals surface area contributed by atoms with E-state index in [4.69, 9.17) is 16.3 Å². The predicted molar refractivity (Wildman–Crippen MR) is 101 cm³/mol. The standard InChI is InChI=1S/C19H18ClN3O3/c1-22(10-11-26-17-9-5-3-7-15(17)20)18(24)12-23-13-21-16-8-4-2-6-14(16)19(23)25/h2-9,13H,10-12H2,1H3. The Morgan fingerprint density at radius 3 is 2.73 bits per heavy atom. The van der Waals surface area contributed by atoms with Crippen LogP contribution in [0.5, 0.6) is 5.75 Å². The molecular formula is C19H18ClN3O3. The zero-order chi connectivity index (χ0) is 18.5. The van der Waals surface area contributed by atoms with Gasteiger partial charge < -0.3 is 9.64 Å². The van der Waals surface area contributed by atoms with Gasteiger partial charge in [-0.1, -0.05) is 35.9 Å². The number of halogens is 1. The third-order valence-electron chi connectivity index (χ3n) is 3.98. The monoisotopic (exact) mass is 371 g/mol. The van der Waals surface area contributed by atoms with Crippen LogP contribution < -0.4 is 10.3 Å². The van der Waals surface area contributed by atoms with Crippen LogP contribution in [0, 0.1) is 0 Å². The molecule has 0 aliphatic rings. The zero-order valence-corrected chi connectivity index (χ0v) is 15.0. The Kier molecular flexibility index (Phi) is 5.53. The topological polar surface area (TPSA) is 64.4 Å². The molecule has 0 saturated carbocycles. The smallest absolute Gasteiger partial charge is 0.261 e. The van der Waals surface area contributed by atoms with E-state index in [1.54, 1.807) is 37.4 Å². The minimum atomic E-state index is -0.232. The van der Waals surface area contributed by atoms with E-state index in [-0.39, 0.29) is 18.0 Å². The van der Waals surface area contributed by atoms with E-state index >= 15 is 0 Å². The zero-order valence-electron chi connectivity index (χ0n) is 14.3. The van der Waals surface area contributed by atoms with Gasteiger partial charge >= 0.3 is 0 Å². The van der Waals surface area contributed by atoms with E-state index in [1.807, 2.05) is 18.2 Å². The molecule has 1 aromatic heterocycles. The molecule has 3 rings (SSSR count). The van der Waals surface area contributed by atoms with E-state index in [1.165, 1.54) is 15.8 Å². The number of ether oxygens (including phenoxy) is 1. The molecule has 3 aromatic rings. The number of carbonyl (C=O) groups excluding carboxylic acids is 1.